The number of hydrazine groups is 1. The third-order valence-corrected chi connectivity index (χ3v) is 3.11. The van der Waals surface area contributed by atoms with E-state index in [1.807, 2.05) is 43.5 Å². The van der Waals surface area contributed by atoms with Gasteiger partial charge in [-0.3, -0.25) is 5.84 Å². The van der Waals surface area contributed by atoms with E-state index >= 15 is 0 Å². The summed E-state index contributed by atoms with van der Waals surface area (Å²) in [5.74, 6) is 6.49. The van der Waals surface area contributed by atoms with Crippen molar-refractivity contribution in [2.75, 3.05) is 0 Å². The number of hydrogen-bond donors (Lipinski definition) is 2. The quantitative estimate of drug-likeness (QED) is 0.642. The van der Waals surface area contributed by atoms with Gasteiger partial charge in [-0.15, -0.1) is 11.3 Å². The number of thiazole rings is 1. The van der Waals surface area contributed by atoms with E-state index in [1.54, 1.807) is 16.8 Å². The van der Waals surface area contributed by atoms with E-state index in [9.17, 15) is 0 Å². The Labute approximate surface area is 111 Å². The van der Waals surface area contributed by atoms with Crippen LogP contribution in [-0.4, -0.2) is 11.1 Å². The highest BCUT2D eigenvalue weighted by Gasteiger charge is 2.18. The average molecular weight is 263 g/mol. The van der Waals surface area contributed by atoms with Crippen LogP contribution in [0.15, 0.2) is 35.2 Å². The van der Waals surface area contributed by atoms with Gasteiger partial charge in [0.05, 0.1) is 23.4 Å². The fraction of sp³-hybridized carbons (Fsp3) is 0.308. The molecule has 1 atom stereocenters. The second-order valence-corrected chi connectivity index (χ2v) is 4.94. The highest BCUT2D eigenvalue weighted by atomic mass is 32.1. The van der Waals surface area contributed by atoms with Crippen LogP contribution in [0.3, 0.4) is 0 Å². The Kier molecular flexibility index (Phi) is 4.30. The van der Waals surface area contributed by atoms with Crippen molar-refractivity contribution in [2.24, 2.45) is 5.84 Å². The second-order valence-electron chi connectivity index (χ2n) is 4.22. The summed E-state index contributed by atoms with van der Waals surface area (Å²) in [6, 6.07) is 7.73. The van der Waals surface area contributed by atoms with Gasteiger partial charge >= 0.3 is 0 Å². The number of ether oxygens (including phenoxy) is 1. The zero-order chi connectivity index (χ0) is 13.0. The van der Waals surface area contributed by atoms with Crippen molar-refractivity contribution in [3.05, 3.63) is 46.4 Å². The number of aromatic nitrogens is 1. The van der Waals surface area contributed by atoms with E-state index < -0.39 is 0 Å². The van der Waals surface area contributed by atoms with Gasteiger partial charge in [0, 0.05) is 10.9 Å². The lowest BCUT2D eigenvalue weighted by Crippen LogP contribution is -2.29. The predicted molar refractivity (Wildman–Crippen MR) is 73.5 cm³/mol. The van der Waals surface area contributed by atoms with Gasteiger partial charge in [-0.1, -0.05) is 18.2 Å². The summed E-state index contributed by atoms with van der Waals surface area (Å²) < 4.78 is 5.81. The largest absolute Gasteiger partial charge is 0.491 e. The number of nitrogens with zero attached hydrogens (tertiary/aromatic N) is 1. The van der Waals surface area contributed by atoms with Gasteiger partial charge in [0.1, 0.15) is 5.75 Å². The number of benzene rings is 1. The van der Waals surface area contributed by atoms with Crippen molar-refractivity contribution in [1.82, 2.24) is 10.4 Å². The molecule has 0 aliphatic heterocycles. The van der Waals surface area contributed by atoms with E-state index in [0.717, 1.165) is 17.0 Å². The molecule has 5 heteroatoms. The van der Waals surface area contributed by atoms with Crippen molar-refractivity contribution < 1.29 is 4.74 Å². The summed E-state index contributed by atoms with van der Waals surface area (Å²) in [5.41, 5.74) is 6.50. The first kappa shape index (κ1) is 13.0. The molecule has 0 saturated heterocycles. The van der Waals surface area contributed by atoms with Gasteiger partial charge in [0.25, 0.3) is 0 Å². The molecule has 1 unspecified atom stereocenters. The lowest BCUT2D eigenvalue weighted by Gasteiger charge is -2.19. The molecule has 2 rings (SSSR count). The van der Waals surface area contributed by atoms with Crippen LogP contribution < -0.4 is 16.0 Å². The highest BCUT2D eigenvalue weighted by molar-refractivity contribution is 7.07. The number of nitrogens with one attached hydrogen (secondary N) is 1. The standard InChI is InChI=1S/C13H17N3OS/c1-9(2)17-12-6-4-3-5-10(12)13(16-14)11-7-18-8-15-11/h3-9,13,16H,14H2,1-2H3. The fourth-order valence-corrected chi connectivity index (χ4v) is 2.36. The van der Waals surface area contributed by atoms with E-state index in [2.05, 4.69) is 10.4 Å². The van der Waals surface area contributed by atoms with E-state index in [4.69, 9.17) is 10.6 Å². The van der Waals surface area contributed by atoms with Gasteiger partial charge in [0.15, 0.2) is 0 Å². The first-order chi connectivity index (χ1) is 8.72. The van der Waals surface area contributed by atoms with E-state index in [0.29, 0.717) is 0 Å². The minimum Gasteiger partial charge on any atom is -0.491 e. The smallest absolute Gasteiger partial charge is 0.124 e. The molecule has 4 nitrogen and oxygen atoms in total. The maximum atomic E-state index is 5.81. The van der Waals surface area contributed by atoms with Crippen LogP contribution in [0, 0.1) is 0 Å². The van der Waals surface area contributed by atoms with Gasteiger partial charge in [-0.2, -0.15) is 0 Å². The minimum absolute atomic E-state index is 0.125. The van der Waals surface area contributed by atoms with Gasteiger partial charge < -0.3 is 4.74 Å². The van der Waals surface area contributed by atoms with E-state index in [1.165, 1.54) is 0 Å². The molecule has 2 aromatic rings. The van der Waals surface area contributed by atoms with Crippen molar-refractivity contribution in [3.63, 3.8) is 0 Å². The molecule has 96 valence electrons. The first-order valence-electron chi connectivity index (χ1n) is 5.82. The van der Waals surface area contributed by atoms with Crippen LogP contribution in [0.1, 0.15) is 31.1 Å². The number of rotatable bonds is 5. The Morgan fingerprint density at radius 3 is 2.72 bits per heavy atom. The van der Waals surface area contributed by atoms with Crippen LogP contribution in [0.25, 0.3) is 0 Å². The average Bonchev–Trinajstić information content (AvgIpc) is 2.85. The maximum absolute atomic E-state index is 5.81. The zero-order valence-electron chi connectivity index (χ0n) is 10.5. The first-order valence-corrected chi connectivity index (χ1v) is 6.76. The lowest BCUT2D eigenvalue weighted by molar-refractivity contribution is 0.238. The third kappa shape index (κ3) is 2.87. The molecule has 0 fully saturated rings. The van der Waals surface area contributed by atoms with Crippen molar-refractivity contribution in [1.29, 1.82) is 0 Å². The Morgan fingerprint density at radius 2 is 2.11 bits per heavy atom. The molecule has 0 bridgehead atoms. The number of nitrogens with two attached hydrogens (primary N) is 1. The summed E-state index contributed by atoms with van der Waals surface area (Å²) in [4.78, 5) is 4.30. The molecule has 0 aliphatic rings. The molecular formula is C13H17N3OS. The zero-order valence-corrected chi connectivity index (χ0v) is 11.3. The van der Waals surface area contributed by atoms with E-state index in [-0.39, 0.29) is 12.1 Å². The third-order valence-electron chi connectivity index (χ3n) is 2.51. The molecule has 0 aliphatic carbocycles. The second kappa shape index (κ2) is 5.95. The summed E-state index contributed by atoms with van der Waals surface area (Å²) in [6.45, 7) is 4.01. The summed E-state index contributed by atoms with van der Waals surface area (Å²) in [5, 5.41) is 1.98. The van der Waals surface area contributed by atoms with Gasteiger partial charge in [-0.25, -0.2) is 10.4 Å². The molecule has 3 N–H and O–H groups in total. The molecule has 1 heterocycles. The van der Waals surface area contributed by atoms with Crippen molar-refractivity contribution in [3.8, 4) is 5.75 Å². The van der Waals surface area contributed by atoms with Gasteiger partial charge in [-0.05, 0) is 19.9 Å². The maximum Gasteiger partial charge on any atom is 0.124 e. The number of hydrogen-bond acceptors (Lipinski definition) is 5. The molecule has 0 spiro atoms. The van der Waals surface area contributed by atoms with Crippen LogP contribution in [-0.2, 0) is 0 Å². The molecule has 0 amide bonds. The fourth-order valence-electron chi connectivity index (χ4n) is 1.78. The summed E-state index contributed by atoms with van der Waals surface area (Å²) in [6.07, 6.45) is 0.125. The molecule has 18 heavy (non-hydrogen) atoms. The van der Waals surface area contributed by atoms with Gasteiger partial charge in [0.2, 0.25) is 0 Å². The molecule has 1 aromatic carbocycles. The Balaban J connectivity index is 2.36. The van der Waals surface area contributed by atoms with Crippen LogP contribution >= 0.6 is 11.3 Å². The Bertz CT molecular complexity index is 485. The highest BCUT2D eigenvalue weighted by Crippen LogP contribution is 2.29. The van der Waals surface area contributed by atoms with Crippen LogP contribution in [0.2, 0.25) is 0 Å². The predicted octanol–water partition coefficient (Wildman–Crippen LogP) is 2.48. The molecule has 1 aromatic heterocycles. The topological polar surface area (TPSA) is 60.2 Å². The van der Waals surface area contributed by atoms with Crippen LogP contribution in [0.5, 0.6) is 5.75 Å². The van der Waals surface area contributed by atoms with Crippen molar-refractivity contribution >= 4 is 11.3 Å². The summed E-state index contributed by atoms with van der Waals surface area (Å²) in [7, 11) is 0. The SMILES string of the molecule is CC(C)Oc1ccccc1C(NN)c1cscn1. The molecule has 0 saturated carbocycles. The van der Waals surface area contributed by atoms with Crippen LogP contribution in [0.4, 0.5) is 0 Å². The van der Waals surface area contributed by atoms with Crippen molar-refractivity contribution in [2.45, 2.75) is 26.0 Å². The number of para-hydroxylation sites is 1. The lowest BCUT2D eigenvalue weighted by atomic mass is 10.0. The summed E-state index contributed by atoms with van der Waals surface area (Å²) >= 11 is 1.55. The molecule has 0 radical (unpaired) electrons. The molecular weight excluding hydrogens is 246 g/mol. The monoisotopic (exact) mass is 263 g/mol. The Morgan fingerprint density at radius 1 is 1.33 bits per heavy atom. The minimum atomic E-state index is -0.147. The normalized spacial score (nSPS) is 12.7. The Hall–Kier alpha value is -1.43.